The van der Waals surface area contributed by atoms with Crippen LogP contribution in [0.4, 0.5) is 5.69 Å². The maximum absolute atomic E-state index is 10.8. The Morgan fingerprint density at radius 3 is 2.79 bits per heavy atom. The highest BCUT2D eigenvalue weighted by molar-refractivity contribution is 5.44. The van der Waals surface area contributed by atoms with Crippen LogP contribution < -0.4 is 5.32 Å². The van der Waals surface area contributed by atoms with Crippen LogP contribution in [0.25, 0.3) is 0 Å². The van der Waals surface area contributed by atoms with Gasteiger partial charge in [0.25, 0.3) is 5.69 Å². The Kier molecular flexibility index (Phi) is 6.45. The second kappa shape index (κ2) is 7.86. The highest BCUT2D eigenvalue weighted by Crippen LogP contribution is 2.21. The van der Waals surface area contributed by atoms with Crippen molar-refractivity contribution in [2.75, 3.05) is 13.2 Å². The first-order valence-corrected chi connectivity index (χ1v) is 6.56. The summed E-state index contributed by atoms with van der Waals surface area (Å²) in [5, 5.41) is 14.1. The number of hydrogen-bond donors (Lipinski definition) is 1. The van der Waals surface area contributed by atoms with Gasteiger partial charge in [0.1, 0.15) is 0 Å². The predicted molar refractivity (Wildman–Crippen MR) is 75.2 cm³/mol. The largest absolute Gasteiger partial charge is 0.377 e. The average Bonchev–Trinajstić information content (AvgIpc) is 2.34. The minimum absolute atomic E-state index is 0.155. The van der Waals surface area contributed by atoms with Crippen LogP contribution in [0.1, 0.15) is 31.4 Å². The van der Waals surface area contributed by atoms with Crippen LogP contribution in [-0.2, 0) is 11.3 Å². The lowest BCUT2D eigenvalue weighted by Crippen LogP contribution is -2.24. The van der Waals surface area contributed by atoms with Gasteiger partial charge in [0.15, 0.2) is 0 Å². The SMILES string of the molecule is Cc1c(COCCCNC(C)C)cccc1[N+](=O)[O-]. The summed E-state index contributed by atoms with van der Waals surface area (Å²) in [7, 11) is 0. The van der Waals surface area contributed by atoms with Crippen LogP contribution in [0.5, 0.6) is 0 Å². The molecule has 0 saturated heterocycles. The Labute approximate surface area is 114 Å². The van der Waals surface area contributed by atoms with E-state index in [1.54, 1.807) is 13.0 Å². The maximum atomic E-state index is 10.8. The van der Waals surface area contributed by atoms with E-state index in [4.69, 9.17) is 4.74 Å². The zero-order chi connectivity index (χ0) is 14.3. The number of nitrogens with one attached hydrogen (secondary N) is 1. The topological polar surface area (TPSA) is 64.4 Å². The summed E-state index contributed by atoms with van der Waals surface area (Å²) >= 11 is 0. The molecule has 0 fully saturated rings. The van der Waals surface area contributed by atoms with Gasteiger partial charge in [-0.2, -0.15) is 0 Å². The summed E-state index contributed by atoms with van der Waals surface area (Å²) in [6.45, 7) is 7.97. The second-order valence-electron chi connectivity index (χ2n) is 4.83. The fourth-order valence-corrected chi connectivity index (χ4v) is 1.77. The molecule has 1 aromatic carbocycles. The van der Waals surface area contributed by atoms with Gasteiger partial charge in [-0.3, -0.25) is 10.1 Å². The molecule has 1 rings (SSSR count). The van der Waals surface area contributed by atoms with Gasteiger partial charge in [-0.15, -0.1) is 0 Å². The third-order valence-electron chi connectivity index (χ3n) is 2.89. The van der Waals surface area contributed by atoms with Crippen LogP contribution >= 0.6 is 0 Å². The van der Waals surface area contributed by atoms with E-state index in [-0.39, 0.29) is 10.6 Å². The lowest BCUT2D eigenvalue weighted by molar-refractivity contribution is -0.385. The molecule has 0 spiro atoms. The smallest absolute Gasteiger partial charge is 0.272 e. The van der Waals surface area contributed by atoms with Gasteiger partial charge in [0.05, 0.1) is 11.5 Å². The number of rotatable bonds is 8. The molecule has 0 heterocycles. The van der Waals surface area contributed by atoms with Gasteiger partial charge in [0.2, 0.25) is 0 Å². The fourth-order valence-electron chi connectivity index (χ4n) is 1.77. The summed E-state index contributed by atoms with van der Waals surface area (Å²) < 4.78 is 5.55. The first kappa shape index (κ1) is 15.6. The zero-order valence-electron chi connectivity index (χ0n) is 11.8. The Morgan fingerprint density at radius 1 is 1.42 bits per heavy atom. The lowest BCUT2D eigenvalue weighted by atomic mass is 10.1. The summed E-state index contributed by atoms with van der Waals surface area (Å²) in [5.74, 6) is 0. The van der Waals surface area contributed by atoms with Gasteiger partial charge >= 0.3 is 0 Å². The van der Waals surface area contributed by atoms with E-state index in [1.165, 1.54) is 6.07 Å². The van der Waals surface area contributed by atoms with Crippen LogP contribution in [0.15, 0.2) is 18.2 Å². The third kappa shape index (κ3) is 5.36. The highest BCUT2D eigenvalue weighted by Gasteiger charge is 2.12. The monoisotopic (exact) mass is 266 g/mol. The molecule has 0 unspecified atom stereocenters. The third-order valence-corrected chi connectivity index (χ3v) is 2.89. The van der Waals surface area contributed by atoms with Crippen molar-refractivity contribution in [2.24, 2.45) is 0 Å². The molecule has 0 bridgehead atoms. The summed E-state index contributed by atoms with van der Waals surface area (Å²) in [6, 6.07) is 5.57. The number of hydrogen-bond acceptors (Lipinski definition) is 4. The predicted octanol–water partition coefficient (Wildman–Crippen LogP) is 2.81. The molecule has 0 radical (unpaired) electrons. The maximum Gasteiger partial charge on any atom is 0.272 e. The van der Waals surface area contributed by atoms with Crippen molar-refractivity contribution >= 4 is 5.69 Å². The van der Waals surface area contributed by atoms with E-state index in [0.29, 0.717) is 24.8 Å². The molecule has 5 nitrogen and oxygen atoms in total. The minimum atomic E-state index is -0.356. The molecule has 19 heavy (non-hydrogen) atoms. The average molecular weight is 266 g/mol. The summed E-state index contributed by atoms with van der Waals surface area (Å²) in [6.07, 6.45) is 0.937. The van der Waals surface area contributed by atoms with Gasteiger partial charge in [-0.25, -0.2) is 0 Å². The number of benzene rings is 1. The second-order valence-corrected chi connectivity index (χ2v) is 4.83. The minimum Gasteiger partial charge on any atom is -0.377 e. The Balaban J connectivity index is 2.37. The van der Waals surface area contributed by atoms with Crippen LogP contribution in [0.3, 0.4) is 0 Å². The lowest BCUT2D eigenvalue weighted by Gasteiger charge is -2.09. The molecule has 0 saturated carbocycles. The molecule has 1 N–H and O–H groups in total. The first-order chi connectivity index (χ1) is 9.02. The van der Waals surface area contributed by atoms with Crippen molar-refractivity contribution in [2.45, 2.75) is 39.8 Å². The number of nitrogens with zero attached hydrogens (tertiary/aromatic N) is 1. The molecule has 0 aliphatic rings. The molecule has 0 aliphatic carbocycles. The molecular weight excluding hydrogens is 244 g/mol. The van der Waals surface area contributed by atoms with Crippen molar-refractivity contribution in [1.29, 1.82) is 0 Å². The molecule has 0 aromatic heterocycles. The Morgan fingerprint density at radius 2 is 2.16 bits per heavy atom. The van der Waals surface area contributed by atoms with Crippen molar-refractivity contribution < 1.29 is 9.66 Å². The van der Waals surface area contributed by atoms with E-state index in [0.717, 1.165) is 18.5 Å². The zero-order valence-corrected chi connectivity index (χ0v) is 11.8. The normalized spacial score (nSPS) is 10.9. The fraction of sp³-hybridized carbons (Fsp3) is 0.571. The highest BCUT2D eigenvalue weighted by atomic mass is 16.6. The van der Waals surface area contributed by atoms with E-state index < -0.39 is 0 Å². The van der Waals surface area contributed by atoms with Crippen LogP contribution in [-0.4, -0.2) is 24.1 Å². The van der Waals surface area contributed by atoms with Gasteiger partial charge < -0.3 is 10.1 Å². The first-order valence-electron chi connectivity index (χ1n) is 6.56. The van der Waals surface area contributed by atoms with E-state index in [2.05, 4.69) is 19.2 Å². The molecular formula is C14H22N2O3. The van der Waals surface area contributed by atoms with E-state index in [9.17, 15) is 10.1 Å². The van der Waals surface area contributed by atoms with Crippen molar-refractivity contribution in [3.63, 3.8) is 0 Å². The molecule has 1 aromatic rings. The van der Waals surface area contributed by atoms with Gasteiger partial charge in [-0.05, 0) is 25.5 Å². The van der Waals surface area contributed by atoms with Crippen molar-refractivity contribution in [1.82, 2.24) is 5.32 Å². The molecule has 0 atom stereocenters. The van der Waals surface area contributed by atoms with E-state index >= 15 is 0 Å². The molecule has 0 aliphatic heterocycles. The van der Waals surface area contributed by atoms with Crippen molar-refractivity contribution in [3.05, 3.63) is 39.4 Å². The van der Waals surface area contributed by atoms with E-state index in [1.807, 2.05) is 6.07 Å². The number of nitro groups is 1. The number of nitro benzene ring substituents is 1. The summed E-state index contributed by atoms with van der Waals surface area (Å²) in [4.78, 5) is 10.5. The Bertz CT molecular complexity index is 419. The Hall–Kier alpha value is -1.46. The van der Waals surface area contributed by atoms with Gasteiger partial charge in [0, 0.05) is 24.3 Å². The standard InChI is InChI=1S/C14H22N2O3/c1-11(2)15-8-5-9-19-10-13-6-4-7-14(12(13)3)16(17)18/h4,6-7,11,15H,5,8-10H2,1-3H3. The molecule has 0 amide bonds. The quantitative estimate of drug-likeness (QED) is 0.446. The van der Waals surface area contributed by atoms with Crippen LogP contribution in [0.2, 0.25) is 0 Å². The number of ether oxygens (including phenoxy) is 1. The molecule has 106 valence electrons. The van der Waals surface area contributed by atoms with Gasteiger partial charge in [-0.1, -0.05) is 26.0 Å². The molecule has 5 heteroatoms. The summed E-state index contributed by atoms with van der Waals surface area (Å²) in [5.41, 5.74) is 1.72. The van der Waals surface area contributed by atoms with Crippen molar-refractivity contribution in [3.8, 4) is 0 Å². The van der Waals surface area contributed by atoms with Crippen LogP contribution in [0, 0.1) is 17.0 Å².